The Balaban J connectivity index is 2.28. The highest BCUT2D eigenvalue weighted by Crippen LogP contribution is 2.54. The van der Waals surface area contributed by atoms with E-state index in [0.717, 1.165) is 24.4 Å². The minimum atomic E-state index is -4.13. The van der Waals surface area contributed by atoms with Crippen molar-refractivity contribution in [3.05, 3.63) is 35.9 Å². The number of rotatable bonds is 3. The highest BCUT2D eigenvalue weighted by molar-refractivity contribution is 7.54. The molecule has 0 aliphatic carbocycles. The second-order valence-electron chi connectivity index (χ2n) is 4.35. The van der Waals surface area contributed by atoms with Crippen LogP contribution in [-0.4, -0.2) is 25.4 Å². The van der Waals surface area contributed by atoms with Crippen molar-refractivity contribution >= 4 is 16.6 Å². The van der Waals surface area contributed by atoms with E-state index in [1.165, 1.54) is 0 Å². The Bertz CT molecular complexity index is 399. The molecule has 2 rings (SSSR count). The first-order valence-corrected chi connectivity index (χ1v) is 9.44. The van der Waals surface area contributed by atoms with Crippen LogP contribution >= 0.6 is 7.60 Å². The summed E-state index contributed by atoms with van der Waals surface area (Å²) in [6.45, 7) is 0.653. The lowest BCUT2D eigenvalue weighted by atomic mass is 10.2. The van der Waals surface area contributed by atoms with Gasteiger partial charge in [0.25, 0.3) is 0 Å². The van der Waals surface area contributed by atoms with E-state index in [-0.39, 0.29) is 0 Å². The van der Waals surface area contributed by atoms with Gasteiger partial charge in [-0.15, -0.1) is 0 Å². The molecule has 2 unspecified atom stereocenters. The summed E-state index contributed by atoms with van der Waals surface area (Å²) in [6, 6.07) is 9.90. The molecule has 0 bridgehead atoms. The van der Waals surface area contributed by atoms with Gasteiger partial charge in [-0.3, -0.25) is 4.57 Å². The fourth-order valence-corrected chi connectivity index (χ4v) is 7.77. The van der Waals surface area contributed by atoms with E-state index in [1.54, 1.807) is 12.1 Å². The summed E-state index contributed by atoms with van der Waals surface area (Å²) < 4.78 is 17.3. The zero-order valence-corrected chi connectivity index (χ0v) is 11.6. The van der Waals surface area contributed by atoms with Gasteiger partial charge in [-0.2, -0.15) is 0 Å². The van der Waals surface area contributed by atoms with Gasteiger partial charge in [0, 0.05) is 6.61 Å². The van der Waals surface area contributed by atoms with E-state index in [4.69, 9.17) is 4.43 Å². The van der Waals surface area contributed by atoms with Gasteiger partial charge in [0.2, 0.25) is 0 Å². The third-order valence-electron chi connectivity index (χ3n) is 3.07. The van der Waals surface area contributed by atoms with Gasteiger partial charge in [-0.05, 0) is 18.0 Å². The van der Waals surface area contributed by atoms with Crippen LogP contribution in [-0.2, 0) is 8.99 Å². The lowest BCUT2D eigenvalue weighted by Gasteiger charge is -2.29. The van der Waals surface area contributed by atoms with Gasteiger partial charge in [0.05, 0.1) is 0 Å². The smallest absolute Gasteiger partial charge is 0.332 e. The molecule has 1 aliphatic rings. The van der Waals surface area contributed by atoms with Gasteiger partial charge >= 0.3 is 7.60 Å². The molecule has 0 radical (unpaired) electrons. The minimum Gasteiger partial charge on any atom is -0.419 e. The summed E-state index contributed by atoms with van der Waals surface area (Å²) in [6.07, 6.45) is 2.03. The average molecular weight is 272 g/mol. The second kappa shape index (κ2) is 5.46. The predicted octanol–water partition coefficient (Wildman–Crippen LogP) is 1.98. The molecular weight excluding hydrogens is 255 g/mol. The Morgan fingerprint density at radius 1 is 1.24 bits per heavy atom. The van der Waals surface area contributed by atoms with Crippen LogP contribution in [0.4, 0.5) is 0 Å². The molecule has 1 heterocycles. The third-order valence-corrected chi connectivity index (χ3v) is 8.99. The Morgan fingerprint density at radius 3 is 2.47 bits per heavy atom. The van der Waals surface area contributed by atoms with Crippen molar-refractivity contribution in [1.82, 2.24) is 0 Å². The van der Waals surface area contributed by atoms with E-state index in [0.29, 0.717) is 6.61 Å². The summed E-state index contributed by atoms with van der Waals surface area (Å²) in [4.78, 5) is 19.1. The Labute approximate surface area is 103 Å². The first kappa shape index (κ1) is 13.0. The lowest BCUT2D eigenvalue weighted by molar-refractivity contribution is 0.279. The van der Waals surface area contributed by atoms with Gasteiger partial charge in [0.1, 0.15) is 5.28 Å². The zero-order chi connectivity index (χ0) is 12.3. The fourth-order valence-electron chi connectivity index (χ4n) is 2.29. The average Bonchev–Trinajstić information content (AvgIpc) is 2.30. The molecule has 94 valence electrons. The summed E-state index contributed by atoms with van der Waals surface area (Å²) in [5, 5.41) is -0.691. The maximum atomic E-state index is 11.7. The fraction of sp³-hybridized carbons (Fsp3) is 0.455. The highest BCUT2D eigenvalue weighted by atomic mass is 31.2. The van der Waals surface area contributed by atoms with Crippen molar-refractivity contribution in [2.45, 2.75) is 24.2 Å². The van der Waals surface area contributed by atoms with Crippen LogP contribution in [0, 0.1) is 0 Å². The number of hydrogen-bond donors (Lipinski definition) is 2. The van der Waals surface area contributed by atoms with Crippen molar-refractivity contribution in [2.24, 2.45) is 0 Å². The summed E-state index contributed by atoms with van der Waals surface area (Å²) in [5.74, 6) is 0. The molecular formula is C11H17O4PSi. The van der Waals surface area contributed by atoms with Crippen molar-refractivity contribution in [3.63, 3.8) is 0 Å². The number of hydrogen-bond acceptors (Lipinski definition) is 2. The minimum absolute atomic E-state index is 0.653. The SMILES string of the molecule is O=P(O)(O)C(c1ccccc1)[SiH]1CCCCO1. The predicted molar refractivity (Wildman–Crippen MR) is 68.4 cm³/mol. The van der Waals surface area contributed by atoms with Crippen LogP contribution in [0.1, 0.15) is 23.7 Å². The molecule has 1 aromatic rings. The van der Waals surface area contributed by atoms with E-state index >= 15 is 0 Å². The van der Waals surface area contributed by atoms with E-state index in [2.05, 4.69) is 0 Å². The molecule has 1 aliphatic heterocycles. The molecule has 1 aromatic carbocycles. The molecule has 1 fully saturated rings. The quantitative estimate of drug-likeness (QED) is 0.652. The molecule has 2 N–H and O–H groups in total. The van der Waals surface area contributed by atoms with Crippen molar-refractivity contribution in [3.8, 4) is 0 Å². The maximum Gasteiger partial charge on any atom is 0.332 e. The summed E-state index contributed by atoms with van der Waals surface area (Å²) in [5.41, 5.74) is 0.722. The first-order chi connectivity index (χ1) is 8.09. The van der Waals surface area contributed by atoms with Crippen molar-refractivity contribution < 1.29 is 18.8 Å². The van der Waals surface area contributed by atoms with E-state index in [9.17, 15) is 14.4 Å². The molecule has 0 spiro atoms. The standard InChI is InChI=1S/C11H17O4PSi/c12-16(13,14)11(10-6-2-1-3-7-10)17-9-5-4-8-15-17/h1-3,6-7,11,17H,4-5,8-9H2,(H2,12,13,14). The molecule has 6 heteroatoms. The second-order valence-corrected chi connectivity index (χ2v) is 9.30. The molecule has 0 saturated carbocycles. The van der Waals surface area contributed by atoms with Crippen molar-refractivity contribution in [1.29, 1.82) is 0 Å². The Hall–Kier alpha value is -0.453. The van der Waals surface area contributed by atoms with Crippen LogP contribution in [0.25, 0.3) is 0 Å². The number of benzene rings is 1. The normalized spacial score (nSPS) is 23.3. The van der Waals surface area contributed by atoms with E-state index < -0.39 is 21.9 Å². The molecule has 4 nitrogen and oxygen atoms in total. The largest absolute Gasteiger partial charge is 0.419 e. The Kier molecular flexibility index (Phi) is 4.17. The van der Waals surface area contributed by atoms with Gasteiger partial charge in [0.15, 0.2) is 9.04 Å². The zero-order valence-electron chi connectivity index (χ0n) is 9.53. The molecule has 0 aromatic heterocycles. The Morgan fingerprint density at radius 2 is 1.94 bits per heavy atom. The van der Waals surface area contributed by atoms with E-state index in [1.807, 2.05) is 18.2 Å². The van der Waals surface area contributed by atoms with Crippen LogP contribution < -0.4 is 0 Å². The van der Waals surface area contributed by atoms with Crippen LogP contribution in [0.5, 0.6) is 0 Å². The molecule has 17 heavy (non-hydrogen) atoms. The van der Waals surface area contributed by atoms with Gasteiger partial charge in [-0.1, -0.05) is 36.8 Å². The summed E-state index contributed by atoms with van der Waals surface area (Å²) >= 11 is 0. The molecule has 1 saturated heterocycles. The highest BCUT2D eigenvalue weighted by Gasteiger charge is 2.40. The van der Waals surface area contributed by atoms with Crippen molar-refractivity contribution in [2.75, 3.05) is 6.61 Å². The van der Waals surface area contributed by atoms with Crippen LogP contribution in [0.15, 0.2) is 30.3 Å². The summed E-state index contributed by atoms with van der Waals surface area (Å²) in [7, 11) is -5.99. The van der Waals surface area contributed by atoms with Gasteiger partial charge < -0.3 is 14.2 Å². The lowest BCUT2D eigenvalue weighted by Crippen LogP contribution is -2.31. The maximum absolute atomic E-state index is 11.7. The first-order valence-electron chi connectivity index (χ1n) is 5.81. The van der Waals surface area contributed by atoms with Crippen LogP contribution in [0.3, 0.4) is 0 Å². The van der Waals surface area contributed by atoms with Crippen LogP contribution in [0.2, 0.25) is 6.04 Å². The topological polar surface area (TPSA) is 66.8 Å². The molecule has 2 atom stereocenters. The molecule has 0 amide bonds. The third kappa shape index (κ3) is 3.27. The monoisotopic (exact) mass is 272 g/mol. The van der Waals surface area contributed by atoms with Gasteiger partial charge in [-0.25, -0.2) is 0 Å².